The van der Waals surface area contributed by atoms with Crippen molar-refractivity contribution in [3.8, 4) is 0 Å². The number of benzene rings is 1. The third-order valence-corrected chi connectivity index (χ3v) is 4.56. The zero-order chi connectivity index (χ0) is 15.3. The number of aliphatic hydroxyl groups is 1. The molecule has 4 nitrogen and oxygen atoms in total. The first-order valence-corrected chi connectivity index (χ1v) is 7.81. The Balaban J connectivity index is 2.02. The molecule has 4 N–H and O–H groups in total. The minimum absolute atomic E-state index is 0.0106. The average molecular weight is 290 g/mol. The molecule has 116 valence electrons. The van der Waals surface area contributed by atoms with Gasteiger partial charge >= 0.3 is 0 Å². The molecule has 4 heteroatoms. The Morgan fingerprint density at radius 3 is 2.48 bits per heavy atom. The minimum Gasteiger partial charge on any atom is -0.394 e. The number of hydrogen-bond acceptors (Lipinski definition) is 3. The molecule has 0 bridgehead atoms. The van der Waals surface area contributed by atoms with E-state index in [0.717, 1.165) is 37.7 Å². The van der Waals surface area contributed by atoms with Gasteiger partial charge in [-0.25, -0.2) is 0 Å². The van der Waals surface area contributed by atoms with Crippen molar-refractivity contribution in [1.82, 2.24) is 5.32 Å². The minimum atomic E-state index is -0.445. The molecule has 1 aromatic rings. The van der Waals surface area contributed by atoms with Crippen LogP contribution in [0.25, 0.3) is 0 Å². The molecule has 0 aromatic heterocycles. The number of hydrogen-bond donors (Lipinski definition) is 3. The van der Waals surface area contributed by atoms with Crippen LogP contribution in [0.5, 0.6) is 0 Å². The number of carbonyl (C=O) groups is 1. The molecule has 21 heavy (non-hydrogen) atoms. The van der Waals surface area contributed by atoms with Gasteiger partial charge in [0.25, 0.3) is 5.91 Å². The van der Waals surface area contributed by atoms with E-state index >= 15 is 0 Å². The lowest BCUT2D eigenvalue weighted by Crippen LogP contribution is -2.53. The van der Waals surface area contributed by atoms with Gasteiger partial charge in [-0.05, 0) is 62.3 Å². The summed E-state index contributed by atoms with van der Waals surface area (Å²) in [4.78, 5) is 12.4. The summed E-state index contributed by atoms with van der Waals surface area (Å²) >= 11 is 0. The highest BCUT2D eigenvalue weighted by molar-refractivity contribution is 5.94. The van der Waals surface area contributed by atoms with Crippen molar-refractivity contribution in [2.24, 2.45) is 11.7 Å². The Labute approximate surface area is 126 Å². The Bertz CT molecular complexity index is 462. The van der Waals surface area contributed by atoms with Crippen LogP contribution in [0.1, 0.15) is 48.5 Å². The highest BCUT2D eigenvalue weighted by atomic mass is 16.3. The standard InChI is InChI=1S/C17H26N2O2/c1-13-6-9-17(12-20,10-7-13)19-16(21)15-4-2-14(3-5-15)8-11-18/h2-5,13,20H,6-12,18H2,1H3,(H,19,21). The molecule has 2 rings (SSSR count). The lowest BCUT2D eigenvalue weighted by atomic mass is 9.77. The fourth-order valence-electron chi connectivity index (χ4n) is 2.94. The SMILES string of the molecule is CC1CCC(CO)(NC(=O)c2ccc(CCN)cc2)CC1. The zero-order valence-corrected chi connectivity index (χ0v) is 12.8. The van der Waals surface area contributed by atoms with E-state index in [9.17, 15) is 9.90 Å². The predicted molar refractivity (Wildman–Crippen MR) is 84.1 cm³/mol. The Kier molecular flexibility index (Phi) is 5.37. The maximum atomic E-state index is 12.4. The van der Waals surface area contributed by atoms with Gasteiger partial charge in [0.15, 0.2) is 0 Å². The van der Waals surface area contributed by atoms with Crippen molar-refractivity contribution in [1.29, 1.82) is 0 Å². The van der Waals surface area contributed by atoms with Crippen LogP contribution in [-0.2, 0) is 6.42 Å². The first-order valence-electron chi connectivity index (χ1n) is 7.81. The van der Waals surface area contributed by atoms with Gasteiger partial charge in [-0.2, -0.15) is 0 Å². The van der Waals surface area contributed by atoms with E-state index in [1.54, 1.807) is 0 Å². The van der Waals surface area contributed by atoms with Gasteiger partial charge in [-0.3, -0.25) is 4.79 Å². The van der Waals surface area contributed by atoms with Crippen molar-refractivity contribution in [2.75, 3.05) is 13.2 Å². The third-order valence-electron chi connectivity index (χ3n) is 4.56. The molecule has 0 radical (unpaired) electrons. The lowest BCUT2D eigenvalue weighted by Gasteiger charge is -2.38. The zero-order valence-electron chi connectivity index (χ0n) is 12.8. The quantitative estimate of drug-likeness (QED) is 0.775. The average Bonchev–Trinajstić information content (AvgIpc) is 2.51. The first kappa shape index (κ1) is 16.0. The van der Waals surface area contributed by atoms with Gasteiger partial charge in [-0.15, -0.1) is 0 Å². The van der Waals surface area contributed by atoms with Crippen molar-refractivity contribution in [2.45, 2.75) is 44.6 Å². The molecule has 0 heterocycles. The van der Waals surface area contributed by atoms with Crippen LogP contribution in [0.15, 0.2) is 24.3 Å². The molecule has 0 atom stereocenters. The number of rotatable bonds is 5. The summed E-state index contributed by atoms with van der Waals surface area (Å²) in [6.45, 7) is 2.84. The molecule has 0 spiro atoms. The van der Waals surface area contributed by atoms with Gasteiger partial charge in [-0.1, -0.05) is 19.1 Å². The molecule has 1 aromatic carbocycles. The summed E-state index contributed by atoms with van der Waals surface area (Å²) < 4.78 is 0. The predicted octanol–water partition coefficient (Wildman–Crippen LogP) is 1.86. The van der Waals surface area contributed by atoms with E-state index in [1.807, 2.05) is 24.3 Å². The summed E-state index contributed by atoms with van der Waals surface area (Å²) in [6, 6.07) is 7.54. The molecule has 1 fully saturated rings. The topological polar surface area (TPSA) is 75.3 Å². The maximum Gasteiger partial charge on any atom is 0.251 e. The molecule has 1 saturated carbocycles. The summed E-state index contributed by atoms with van der Waals surface area (Å²) in [5.74, 6) is 0.579. The van der Waals surface area contributed by atoms with E-state index in [-0.39, 0.29) is 12.5 Å². The van der Waals surface area contributed by atoms with Crippen LogP contribution >= 0.6 is 0 Å². The maximum absolute atomic E-state index is 12.4. The van der Waals surface area contributed by atoms with Gasteiger partial charge in [0.05, 0.1) is 12.1 Å². The fourth-order valence-corrected chi connectivity index (χ4v) is 2.94. The molecule has 1 aliphatic carbocycles. The van der Waals surface area contributed by atoms with E-state index in [2.05, 4.69) is 12.2 Å². The largest absolute Gasteiger partial charge is 0.394 e. The van der Waals surface area contributed by atoms with Crippen LogP contribution < -0.4 is 11.1 Å². The number of carbonyl (C=O) groups excluding carboxylic acids is 1. The first-order chi connectivity index (χ1) is 10.1. The molecule has 1 aliphatic rings. The molecular weight excluding hydrogens is 264 g/mol. The second kappa shape index (κ2) is 7.05. The third kappa shape index (κ3) is 4.05. The number of aliphatic hydroxyl groups excluding tert-OH is 1. The van der Waals surface area contributed by atoms with E-state index in [0.29, 0.717) is 18.0 Å². The van der Waals surface area contributed by atoms with Gasteiger partial charge < -0.3 is 16.2 Å². The van der Waals surface area contributed by atoms with Crippen LogP contribution in [0.3, 0.4) is 0 Å². The van der Waals surface area contributed by atoms with Crippen molar-refractivity contribution in [3.63, 3.8) is 0 Å². The lowest BCUT2D eigenvalue weighted by molar-refractivity contribution is 0.0717. The second-order valence-corrected chi connectivity index (χ2v) is 6.31. The molecule has 0 unspecified atom stereocenters. The summed E-state index contributed by atoms with van der Waals surface area (Å²) in [5, 5.41) is 12.8. The smallest absolute Gasteiger partial charge is 0.251 e. The van der Waals surface area contributed by atoms with Crippen LogP contribution in [-0.4, -0.2) is 29.7 Å². The number of amides is 1. The van der Waals surface area contributed by atoms with E-state index < -0.39 is 5.54 Å². The molecule has 1 amide bonds. The van der Waals surface area contributed by atoms with Gasteiger partial charge in [0.2, 0.25) is 0 Å². The molecule has 0 aliphatic heterocycles. The van der Waals surface area contributed by atoms with Gasteiger partial charge in [0, 0.05) is 5.56 Å². The highest BCUT2D eigenvalue weighted by Gasteiger charge is 2.35. The highest BCUT2D eigenvalue weighted by Crippen LogP contribution is 2.31. The van der Waals surface area contributed by atoms with Crippen molar-refractivity contribution >= 4 is 5.91 Å². The monoisotopic (exact) mass is 290 g/mol. The summed E-state index contributed by atoms with van der Waals surface area (Å²) in [6.07, 6.45) is 4.62. The fraction of sp³-hybridized carbons (Fsp3) is 0.588. The van der Waals surface area contributed by atoms with E-state index in [4.69, 9.17) is 5.73 Å². The molecule has 0 saturated heterocycles. The van der Waals surface area contributed by atoms with Crippen LogP contribution in [0, 0.1) is 5.92 Å². The van der Waals surface area contributed by atoms with E-state index in [1.165, 1.54) is 0 Å². The van der Waals surface area contributed by atoms with Gasteiger partial charge in [0.1, 0.15) is 0 Å². The Morgan fingerprint density at radius 1 is 1.33 bits per heavy atom. The Morgan fingerprint density at radius 2 is 1.95 bits per heavy atom. The summed E-state index contributed by atoms with van der Waals surface area (Å²) in [5.41, 5.74) is 6.85. The number of nitrogens with one attached hydrogen (secondary N) is 1. The van der Waals surface area contributed by atoms with Crippen molar-refractivity contribution in [3.05, 3.63) is 35.4 Å². The number of nitrogens with two attached hydrogens (primary N) is 1. The normalized spacial score (nSPS) is 25.6. The summed E-state index contributed by atoms with van der Waals surface area (Å²) in [7, 11) is 0. The molecular formula is C17H26N2O2. The van der Waals surface area contributed by atoms with Crippen LogP contribution in [0.4, 0.5) is 0 Å². The van der Waals surface area contributed by atoms with Crippen molar-refractivity contribution < 1.29 is 9.90 Å². The second-order valence-electron chi connectivity index (χ2n) is 6.31. The Hall–Kier alpha value is -1.39. The van der Waals surface area contributed by atoms with Crippen LogP contribution in [0.2, 0.25) is 0 Å².